The second-order valence-electron chi connectivity index (χ2n) is 4.90. The predicted octanol–water partition coefficient (Wildman–Crippen LogP) is 1.67. The lowest BCUT2D eigenvalue weighted by Crippen LogP contribution is -2.23. The van der Waals surface area contributed by atoms with Gasteiger partial charge in [0.15, 0.2) is 0 Å². The van der Waals surface area contributed by atoms with Crippen LogP contribution in [-0.4, -0.2) is 52.4 Å². The van der Waals surface area contributed by atoms with E-state index in [9.17, 15) is 0 Å². The number of benzene rings is 1. The van der Waals surface area contributed by atoms with Crippen molar-refractivity contribution in [2.75, 3.05) is 47.5 Å². The zero-order valence-electron chi connectivity index (χ0n) is 12.5. The monoisotopic (exact) mass is 266 g/mol. The summed E-state index contributed by atoms with van der Waals surface area (Å²) in [6.07, 6.45) is 0. The first kappa shape index (κ1) is 16.0. The number of methoxy groups -OCH3 is 1. The van der Waals surface area contributed by atoms with Crippen LogP contribution in [0.2, 0.25) is 0 Å². The van der Waals surface area contributed by atoms with Crippen LogP contribution in [-0.2, 0) is 11.3 Å². The molecule has 0 atom stereocenters. The highest BCUT2D eigenvalue weighted by Crippen LogP contribution is 2.18. The Kier molecular flexibility index (Phi) is 7.48. The third kappa shape index (κ3) is 6.57. The Labute approximate surface area is 116 Å². The van der Waals surface area contributed by atoms with E-state index >= 15 is 0 Å². The first-order valence-electron chi connectivity index (χ1n) is 6.70. The van der Waals surface area contributed by atoms with Gasteiger partial charge in [-0.05, 0) is 38.2 Å². The molecule has 0 amide bonds. The number of ether oxygens (including phenoxy) is 2. The van der Waals surface area contributed by atoms with Gasteiger partial charge in [0.25, 0.3) is 0 Å². The molecular formula is C15H26N2O2. The van der Waals surface area contributed by atoms with Gasteiger partial charge in [0.1, 0.15) is 5.75 Å². The minimum atomic E-state index is 0.753. The van der Waals surface area contributed by atoms with Crippen LogP contribution in [0.15, 0.2) is 18.2 Å². The number of hydrogen-bond acceptors (Lipinski definition) is 4. The number of hydrogen-bond donors (Lipinski definition) is 1. The van der Waals surface area contributed by atoms with Crippen LogP contribution < -0.4 is 10.1 Å². The molecule has 0 aliphatic heterocycles. The molecule has 1 N–H and O–H groups in total. The molecule has 0 heterocycles. The number of likely N-dealkylation sites (N-methyl/N-ethyl adjacent to an activating group) is 1. The van der Waals surface area contributed by atoms with E-state index in [0.717, 1.165) is 38.6 Å². The van der Waals surface area contributed by atoms with E-state index in [0.29, 0.717) is 0 Å². The third-order valence-corrected chi connectivity index (χ3v) is 2.89. The van der Waals surface area contributed by atoms with Crippen molar-refractivity contribution in [2.24, 2.45) is 0 Å². The summed E-state index contributed by atoms with van der Waals surface area (Å²) in [4.78, 5) is 2.12. The van der Waals surface area contributed by atoms with Crippen LogP contribution in [0.1, 0.15) is 11.1 Å². The lowest BCUT2D eigenvalue weighted by Gasteiger charge is -2.11. The highest BCUT2D eigenvalue weighted by Gasteiger charge is 1.99. The van der Waals surface area contributed by atoms with Crippen LogP contribution in [0.3, 0.4) is 0 Å². The fourth-order valence-corrected chi connectivity index (χ4v) is 1.78. The molecule has 0 aliphatic carbocycles. The minimum Gasteiger partial charge on any atom is -0.496 e. The molecule has 0 aliphatic rings. The number of rotatable bonds is 9. The van der Waals surface area contributed by atoms with Crippen molar-refractivity contribution in [1.29, 1.82) is 0 Å². The minimum absolute atomic E-state index is 0.753. The molecule has 19 heavy (non-hydrogen) atoms. The fourth-order valence-electron chi connectivity index (χ4n) is 1.78. The Balaban J connectivity index is 2.14. The molecule has 4 heteroatoms. The van der Waals surface area contributed by atoms with E-state index in [1.54, 1.807) is 7.11 Å². The first-order chi connectivity index (χ1) is 9.13. The lowest BCUT2D eigenvalue weighted by molar-refractivity contribution is 0.119. The van der Waals surface area contributed by atoms with Crippen molar-refractivity contribution < 1.29 is 9.47 Å². The maximum Gasteiger partial charge on any atom is 0.121 e. The van der Waals surface area contributed by atoms with Crippen molar-refractivity contribution in [3.05, 3.63) is 29.3 Å². The molecule has 1 aromatic carbocycles. The van der Waals surface area contributed by atoms with Gasteiger partial charge in [-0.25, -0.2) is 0 Å². The van der Waals surface area contributed by atoms with E-state index in [4.69, 9.17) is 9.47 Å². The number of aryl methyl sites for hydroxylation is 1. The Morgan fingerprint density at radius 2 is 2.00 bits per heavy atom. The van der Waals surface area contributed by atoms with Crippen molar-refractivity contribution in [2.45, 2.75) is 13.5 Å². The van der Waals surface area contributed by atoms with Crippen molar-refractivity contribution in [1.82, 2.24) is 10.2 Å². The molecule has 0 saturated carbocycles. The topological polar surface area (TPSA) is 33.7 Å². The summed E-state index contributed by atoms with van der Waals surface area (Å²) in [5.41, 5.74) is 2.44. The van der Waals surface area contributed by atoms with Crippen molar-refractivity contribution >= 4 is 0 Å². The molecule has 0 spiro atoms. The van der Waals surface area contributed by atoms with Gasteiger partial charge in [-0.15, -0.1) is 0 Å². The second kappa shape index (κ2) is 8.91. The average molecular weight is 266 g/mol. The molecular weight excluding hydrogens is 240 g/mol. The van der Waals surface area contributed by atoms with E-state index in [1.165, 1.54) is 11.1 Å². The zero-order valence-corrected chi connectivity index (χ0v) is 12.5. The summed E-state index contributed by atoms with van der Waals surface area (Å²) in [7, 11) is 5.80. The van der Waals surface area contributed by atoms with E-state index in [2.05, 4.69) is 29.3 Å². The predicted molar refractivity (Wildman–Crippen MR) is 78.8 cm³/mol. The largest absolute Gasteiger partial charge is 0.496 e. The van der Waals surface area contributed by atoms with Crippen LogP contribution in [0.25, 0.3) is 0 Å². The molecule has 4 nitrogen and oxygen atoms in total. The Morgan fingerprint density at radius 3 is 2.63 bits per heavy atom. The molecule has 0 aromatic heterocycles. The summed E-state index contributed by atoms with van der Waals surface area (Å²) in [6, 6.07) is 6.25. The molecule has 0 bridgehead atoms. The molecule has 0 radical (unpaired) electrons. The van der Waals surface area contributed by atoms with Gasteiger partial charge in [0, 0.05) is 19.6 Å². The van der Waals surface area contributed by atoms with Gasteiger partial charge in [-0.3, -0.25) is 0 Å². The van der Waals surface area contributed by atoms with E-state index in [-0.39, 0.29) is 0 Å². The SMILES string of the molecule is COc1ccc(CNCCOCCN(C)C)cc1C. The summed E-state index contributed by atoms with van der Waals surface area (Å²) >= 11 is 0. The van der Waals surface area contributed by atoms with Gasteiger partial charge in [-0.1, -0.05) is 12.1 Å². The normalized spacial score (nSPS) is 11.0. The molecule has 108 valence electrons. The van der Waals surface area contributed by atoms with Crippen LogP contribution >= 0.6 is 0 Å². The molecule has 0 fully saturated rings. The number of nitrogens with zero attached hydrogens (tertiary/aromatic N) is 1. The Morgan fingerprint density at radius 1 is 1.21 bits per heavy atom. The van der Waals surface area contributed by atoms with Crippen LogP contribution in [0, 0.1) is 6.92 Å². The van der Waals surface area contributed by atoms with E-state index < -0.39 is 0 Å². The Bertz CT molecular complexity index is 367. The summed E-state index contributed by atoms with van der Waals surface area (Å²) in [5.74, 6) is 0.941. The summed E-state index contributed by atoms with van der Waals surface area (Å²) in [6.45, 7) is 6.31. The molecule has 1 rings (SSSR count). The molecule has 0 saturated heterocycles. The zero-order chi connectivity index (χ0) is 14.1. The third-order valence-electron chi connectivity index (χ3n) is 2.89. The highest BCUT2D eigenvalue weighted by atomic mass is 16.5. The molecule has 0 unspecified atom stereocenters. The van der Waals surface area contributed by atoms with Crippen molar-refractivity contribution in [3.8, 4) is 5.75 Å². The summed E-state index contributed by atoms with van der Waals surface area (Å²) < 4.78 is 10.8. The second-order valence-corrected chi connectivity index (χ2v) is 4.90. The quantitative estimate of drug-likeness (QED) is 0.689. The fraction of sp³-hybridized carbons (Fsp3) is 0.600. The lowest BCUT2D eigenvalue weighted by atomic mass is 10.1. The van der Waals surface area contributed by atoms with Gasteiger partial charge < -0.3 is 19.7 Å². The highest BCUT2D eigenvalue weighted by molar-refractivity contribution is 5.36. The molecule has 1 aromatic rings. The number of nitrogens with one attached hydrogen (secondary N) is 1. The standard InChI is InChI=1S/C15H26N2O2/c1-13-11-14(5-6-15(13)18-4)12-16-7-9-19-10-8-17(2)3/h5-6,11,16H,7-10,12H2,1-4H3. The van der Waals surface area contributed by atoms with E-state index in [1.807, 2.05) is 20.2 Å². The smallest absolute Gasteiger partial charge is 0.121 e. The van der Waals surface area contributed by atoms with Crippen LogP contribution in [0.4, 0.5) is 0 Å². The van der Waals surface area contributed by atoms with Crippen molar-refractivity contribution in [3.63, 3.8) is 0 Å². The van der Waals surface area contributed by atoms with Gasteiger partial charge >= 0.3 is 0 Å². The summed E-state index contributed by atoms with van der Waals surface area (Å²) in [5, 5.41) is 3.38. The van der Waals surface area contributed by atoms with Gasteiger partial charge in [0.2, 0.25) is 0 Å². The van der Waals surface area contributed by atoms with Crippen LogP contribution in [0.5, 0.6) is 5.75 Å². The maximum absolute atomic E-state index is 5.52. The Hall–Kier alpha value is -1.10. The van der Waals surface area contributed by atoms with Gasteiger partial charge in [-0.2, -0.15) is 0 Å². The maximum atomic E-state index is 5.52. The van der Waals surface area contributed by atoms with Gasteiger partial charge in [0.05, 0.1) is 20.3 Å². The first-order valence-corrected chi connectivity index (χ1v) is 6.70. The average Bonchev–Trinajstić information content (AvgIpc) is 2.37.